The first-order valence-corrected chi connectivity index (χ1v) is 17.0. The second-order valence-corrected chi connectivity index (χ2v) is 12.6. The van der Waals surface area contributed by atoms with Crippen molar-refractivity contribution in [2.45, 2.75) is 19.3 Å². The molecule has 1 saturated carbocycles. The maximum atomic E-state index is 13.7. The fourth-order valence-electron chi connectivity index (χ4n) is 6.47. The topological polar surface area (TPSA) is 126 Å². The molecule has 6 aromatic rings. The second kappa shape index (κ2) is 15.4. The monoisotopic (exact) mass is 672 g/mol. The first-order chi connectivity index (χ1) is 25.0. The van der Waals surface area contributed by atoms with Gasteiger partial charge in [0, 0.05) is 70.1 Å². The van der Waals surface area contributed by atoms with Gasteiger partial charge in [0.25, 0.3) is 0 Å². The molecule has 1 fully saturated rings. The van der Waals surface area contributed by atoms with Gasteiger partial charge >= 0.3 is 0 Å². The van der Waals surface area contributed by atoms with E-state index in [1.54, 1.807) is 18.6 Å². The Balaban J connectivity index is 1.06. The van der Waals surface area contributed by atoms with Crippen molar-refractivity contribution in [2.75, 3.05) is 16.0 Å². The number of nitrogens with zero attached hydrogens (tertiary/aromatic N) is 3. The number of aromatic nitrogens is 3. The zero-order valence-corrected chi connectivity index (χ0v) is 27.8. The van der Waals surface area contributed by atoms with Crippen molar-refractivity contribution >= 4 is 34.8 Å². The summed E-state index contributed by atoms with van der Waals surface area (Å²) in [5.41, 5.74) is 7.20. The second-order valence-electron chi connectivity index (χ2n) is 12.6. The summed E-state index contributed by atoms with van der Waals surface area (Å²) in [5.74, 6) is -2.35. The minimum absolute atomic E-state index is 0.227. The molecule has 7 rings (SSSR count). The van der Waals surface area contributed by atoms with Crippen LogP contribution in [0.25, 0.3) is 33.8 Å². The number of hydrogen-bond donors (Lipinski definition) is 3. The van der Waals surface area contributed by atoms with Gasteiger partial charge in [0.1, 0.15) is 0 Å². The molecule has 0 aliphatic heterocycles. The summed E-state index contributed by atoms with van der Waals surface area (Å²) in [6, 6.07) is 39.6. The third-order valence-electron chi connectivity index (χ3n) is 9.16. The van der Waals surface area contributed by atoms with E-state index in [-0.39, 0.29) is 17.7 Å². The average molecular weight is 673 g/mol. The van der Waals surface area contributed by atoms with E-state index in [0.717, 1.165) is 33.8 Å². The molecule has 3 amide bonds. The lowest BCUT2D eigenvalue weighted by Crippen LogP contribution is -2.40. The lowest BCUT2D eigenvalue weighted by molar-refractivity contribution is -0.129. The van der Waals surface area contributed by atoms with Gasteiger partial charge in [0.05, 0.1) is 17.1 Å². The van der Waals surface area contributed by atoms with Crippen LogP contribution in [0.3, 0.4) is 0 Å². The number of carbonyl (C=O) groups is 3. The molecule has 3 aromatic carbocycles. The minimum Gasteiger partial charge on any atom is -0.326 e. The van der Waals surface area contributed by atoms with E-state index in [9.17, 15) is 14.4 Å². The maximum absolute atomic E-state index is 13.7. The van der Waals surface area contributed by atoms with Crippen LogP contribution >= 0.6 is 0 Å². The Morgan fingerprint density at radius 1 is 0.392 bits per heavy atom. The third kappa shape index (κ3) is 8.22. The molecule has 0 unspecified atom stereocenters. The first-order valence-electron chi connectivity index (χ1n) is 17.0. The summed E-state index contributed by atoms with van der Waals surface area (Å²) in [4.78, 5) is 54.3. The van der Waals surface area contributed by atoms with E-state index in [1.165, 1.54) is 0 Å². The zero-order valence-electron chi connectivity index (χ0n) is 27.8. The third-order valence-corrected chi connectivity index (χ3v) is 9.16. The number of rotatable bonds is 9. The molecule has 3 heterocycles. The molecule has 9 nitrogen and oxygen atoms in total. The van der Waals surface area contributed by atoms with Crippen molar-refractivity contribution in [1.82, 2.24) is 15.0 Å². The average Bonchev–Trinajstić information content (AvgIpc) is 3.19. The van der Waals surface area contributed by atoms with Crippen molar-refractivity contribution in [3.05, 3.63) is 146 Å². The van der Waals surface area contributed by atoms with E-state index in [0.29, 0.717) is 36.3 Å². The number of pyridine rings is 3. The number of carbonyl (C=O) groups excluding carboxylic acids is 3. The quantitative estimate of drug-likeness (QED) is 0.142. The van der Waals surface area contributed by atoms with Crippen molar-refractivity contribution in [2.24, 2.45) is 17.8 Å². The molecule has 0 spiro atoms. The standard InChI is InChI=1S/C42H36N6O3/c49-40(46-34-16-10-28(11-17-34)37-7-1-4-22-43-37)31-25-32(41(50)47-35-18-12-29(13-19-35)38-8-2-5-23-44-38)27-33(26-31)42(51)48-36-20-14-30(15-21-36)39-9-3-6-24-45-39/h1-24,31-33H,25-27H2,(H,46,49)(H,47,50)(H,48,51). The summed E-state index contributed by atoms with van der Waals surface area (Å²) in [7, 11) is 0. The Kier molecular flexibility index (Phi) is 9.96. The van der Waals surface area contributed by atoms with Gasteiger partial charge in [-0.05, 0) is 92.1 Å². The van der Waals surface area contributed by atoms with Gasteiger partial charge in [0.15, 0.2) is 0 Å². The van der Waals surface area contributed by atoms with Crippen LogP contribution in [-0.4, -0.2) is 32.7 Å². The molecule has 51 heavy (non-hydrogen) atoms. The molecule has 0 atom stereocenters. The highest BCUT2D eigenvalue weighted by Gasteiger charge is 2.39. The van der Waals surface area contributed by atoms with Crippen LogP contribution < -0.4 is 16.0 Å². The van der Waals surface area contributed by atoms with E-state index in [1.807, 2.05) is 127 Å². The molecule has 9 heteroatoms. The van der Waals surface area contributed by atoms with E-state index in [4.69, 9.17) is 0 Å². The largest absolute Gasteiger partial charge is 0.326 e. The normalized spacial score (nSPS) is 16.8. The van der Waals surface area contributed by atoms with Gasteiger partial charge in [-0.25, -0.2) is 0 Å². The van der Waals surface area contributed by atoms with Crippen LogP contribution in [0.5, 0.6) is 0 Å². The van der Waals surface area contributed by atoms with E-state index < -0.39 is 17.8 Å². The van der Waals surface area contributed by atoms with Crippen molar-refractivity contribution in [3.63, 3.8) is 0 Å². The van der Waals surface area contributed by atoms with Crippen LogP contribution in [0.4, 0.5) is 17.1 Å². The van der Waals surface area contributed by atoms with Crippen molar-refractivity contribution < 1.29 is 14.4 Å². The number of hydrogen-bond acceptors (Lipinski definition) is 6. The number of amides is 3. The number of anilines is 3. The van der Waals surface area contributed by atoms with Crippen LogP contribution in [0.1, 0.15) is 19.3 Å². The zero-order chi connectivity index (χ0) is 35.0. The maximum Gasteiger partial charge on any atom is 0.227 e. The van der Waals surface area contributed by atoms with Crippen LogP contribution in [-0.2, 0) is 14.4 Å². The molecule has 1 aliphatic carbocycles. The molecule has 1 aliphatic rings. The number of benzene rings is 3. The van der Waals surface area contributed by atoms with Crippen molar-refractivity contribution in [3.8, 4) is 33.8 Å². The Morgan fingerprint density at radius 2 is 0.667 bits per heavy atom. The molecular weight excluding hydrogens is 637 g/mol. The Labute approximate surface area is 296 Å². The summed E-state index contributed by atoms with van der Waals surface area (Å²) >= 11 is 0. The lowest BCUT2D eigenvalue weighted by atomic mass is 9.74. The molecular formula is C42H36N6O3. The summed E-state index contributed by atoms with van der Waals surface area (Å²) in [5, 5.41) is 9.05. The van der Waals surface area contributed by atoms with Crippen LogP contribution in [0.2, 0.25) is 0 Å². The minimum atomic E-state index is -0.557. The SMILES string of the molecule is O=C(Nc1ccc(-c2ccccn2)cc1)C1CC(C(=O)Nc2ccc(-c3ccccn3)cc2)CC(C(=O)Nc2ccc(-c3ccccn3)cc2)C1. The summed E-state index contributed by atoms with van der Waals surface area (Å²) < 4.78 is 0. The van der Waals surface area contributed by atoms with Crippen LogP contribution in [0.15, 0.2) is 146 Å². The van der Waals surface area contributed by atoms with E-state index >= 15 is 0 Å². The van der Waals surface area contributed by atoms with Gasteiger partial charge < -0.3 is 16.0 Å². The summed E-state index contributed by atoms with van der Waals surface area (Å²) in [6.07, 6.45) is 6.17. The molecule has 0 radical (unpaired) electrons. The molecule has 252 valence electrons. The molecule has 3 N–H and O–H groups in total. The van der Waals surface area contributed by atoms with Gasteiger partial charge in [-0.2, -0.15) is 0 Å². The lowest BCUT2D eigenvalue weighted by Gasteiger charge is -2.33. The highest BCUT2D eigenvalue weighted by Crippen LogP contribution is 2.36. The fourth-order valence-corrected chi connectivity index (χ4v) is 6.47. The predicted molar refractivity (Wildman–Crippen MR) is 199 cm³/mol. The smallest absolute Gasteiger partial charge is 0.227 e. The molecule has 0 bridgehead atoms. The molecule has 3 aromatic heterocycles. The summed E-state index contributed by atoms with van der Waals surface area (Å²) in [6.45, 7) is 0. The Bertz CT molecular complexity index is 1840. The molecule has 0 saturated heterocycles. The predicted octanol–water partition coefficient (Wildman–Crippen LogP) is 8.12. The van der Waals surface area contributed by atoms with Gasteiger partial charge in [-0.1, -0.05) is 54.6 Å². The van der Waals surface area contributed by atoms with Gasteiger partial charge in [-0.3, -0.25) is 29.3 Å². The highest BCUT2D eigenvalue weighted by molar-refractivity contribution is 5.98. The first kappa shape index (κ1) is 33.0. The van der Waals surface area contributed by atoms with Gasteiger partial charge in [0.2, 0.25) is 17.7 Å². The van der Waals surface area contributed by atoms with Crippen LogP contribution in [0, 0.1) is 17.8 Å². The van der Waals surface area contributed by atoms with E-state index in [2.05, 4.69) is 30.9 Å². The Hall–Kier alpha value is -6.48. The number of nitrogens with one attached hydrogen (secondary N) is 3. The highest BCUT2D eigenvalue weighted by atomic mass is 16.2. The van der Waals surface area contributed by atoms with Crippen molar-refractivity contribution in [1.29, 1.82) is 0 Å². The van der Waals surface area contributed by atoms with Gasteiger partial charge in [-0.15, -0.1) is 0 Å². The fraction of sp³-hybridized carbons (Fsp3) is 0.143. The Morgan fingerprint density at radius 3 is 0.902 bits per heavy atom.